The van der Waals surface area contributed by atoms with Gasteiger partial charge >= 0.3 is 0 Å². The molecule has 11 heteroatoms. The third-order valence-electron chi connectivity index (χ3n) is 4.89. The molecule has 1 N–H and O–H groups in total. The number of methoxy groups -OCH3 is 1. The maximum absolute atomic E-state index is 13.4. The number of likely N-dealkylation sites (N-methyl/N-ethyl adjacent to an activating group) is 1. The fourth-order valence-electron chi connectivity index (χ4n) is 3.10. The Morgan fingerprint density at radius 1 is 1.09 bits per heavy atom. The van der Waals surface area contributed by atoms with E-state index in [0.717, 1.165) is 10.6 Å². The van der Waals surface area contributed by atoms with E-state index >= 15 is 0 Å². The minimum absolute atomic E-state index is 0.0360. The molecule has 0 aliphatic rings. The van der Waals surface area contributed by atoms with E-state index < -0.39 is 28.5 Å². The van der Waals surface area contributed by atoms with Crippen LogP contribution in [0.4, 0.5) is 5.69 Å². The lowest BCUT2D eigenvalue weighted by molar-refractivity contribution is -0.139. The number of rotatable bonds is 10. The van der Waals surface area contributed by atoms with Gasteiger partial charge in [-0.05, 0) is 55.8 Å². The number of ether oxygens (including phenoxy) is 1. The molecule has 2 aromatic carbocycles. The molecule has 0 heterocycles. The molecule has 1 atom stereocenters. The van der Waals surface area contributed by atoms with Crippen LogP contribution in [0.2, 0.25) is 10.0 Å². The van der Waals surface area contributed by atoms with E-state index in [1.165, 1.54) is 12.0 Å². The number of hydrogen-bond acceptors (Lipinski definition) is 5. The third kappa shape index (κ3) is 7.25. The molecule has 0 radical (unpaired) electrons. The largest absolute Gasteiger partial charge is 0.497 e. The molecule has 33 heavy (non-hydrogen) atoms. The van der Waals surface area contributed by atoms with Crippen molar-refractivity contribution in [3.05, 3.63) is 58.1 Å². The van der Waals surface area contributed by atoms with Crippen molar-refractivity contribution >= 4 is 50.7 Å². The Morgan fingerprint density at radius 2 is 1.73 bits per heavy atom. The monoisotopic (exact) mass is 515 g/mol. The molecule has 180 valence electrons. The maximum atomic E-state index is 13.4. The van der Waals surface area contributed by atoms with Gasteiger partial charge < -0.3 is 15.0 Å². The van der Waals surface area contributed by atoms with Crippen molar-refractivity contribution in [1.29, 1.82) is 0 Å². The van der Waals surface area contributed by atoms with Crippen molar-refractivity contribution in [2.45, 2.75) is 26.4 Å². The van der Waals surface area contributed by atoms with E-state index in [-0.39, 0.29) is 12.5 Å². The number of carbonyl (C=O) groups excluding carboxylic acids is 2. The Kier molecular flexibility index (Phi) is 9.39. The van der Waals surface area contributed by atoms with Crippen LogP contribution in [0.15, 0.2) is 42.5 Å². The number of amides is 2. The van der Waals surface area contributed by atoms with Crippen LogP contribution in [-0.2, 0) is 26.2 Å². The van der Waals surface area contributed by atoms with E-state index in [1.54, 1.807) is 56.3 Å². The molecule has 2 rings (SSSR count). The summed E-state index contributed by atoms with van der Waals surface area (Å²) >= 11 is 12.1. The molecular formula is C22H27Cl2N3O5S. The number of sulfonamides is 1. The van der Waals surface area contributed by atoms with Crippen LogP contribution < -0.4 is 14.4 Å². The minimum Gasteiger partial charge on any atom is -0.497 e. The van der Waals surface area contributed by atoms with Gasteiger partial charge in [0.1, 0.15) is 18.3 Å². The second kappa shape index (κ2) is 11.6. The fourth-order valence-corrected chi connectivity index (χ4v) is 4.27. The number of benzene rings is 2. The highest BCUT2D eigenvalue weighted by molar-refractivity contribution is 7.92. The highest BCUT2D eigenvalue weighted by Gasteiger charge is 2.30. The Bertz CT molecular complexity index is 1090. The predicted octanol–water partition coefficient (Wildman–Crippen LogP) is 3.32. The summed E-state index contributed by atoms with van der Waals surface area (Å²) < 4.78 is 31.1. The summed E-state index contributed by atoms with van der Waals surface area (Å²) in [5.41, 5.74) is 0.941. The molecule has 0 aliphatic heterocycles. The van der Waals surface area contributed by atoms with E-state index in [2.05, 4.69) is 5.32 Å². The summed E-state index contributed by atoms with van der Waals surface area (Å²) in [5.74, 6) is -0.369. The second-order valence-corrected chi connectivity index (χ2v) is 10.0. The van der Waals surface area contributed by atoms with Crippen molar-refractivity contribution in [1.82, 2.24) is 10.2 Å². The lowest BCUT2D eigenvalue weighted by Crippen LogP contribution is -2.51. The van der Waals surface area contributed by atoms with Gasteiger partial charge in [0.05, 0.1) is 29.1 Å². The topological polar surface area (TPSA) is 96.0 Å². The molecule has 0 saturated heterocycles. The van der Waals surface area contributed by atoms with Gasteiger partial charge in [0.15, 0.2) is 0 Å². The first-order valence-corrected chi connectivity index (χ1v) is 12.7. The summed E-state index contributed by atoms with van der Waals surface area (Å²) in [6.07, 6.45) is 1.01. The molecular weight excluding hydrogens is 489 g/mol. The van der Waals surface area contributed by atoms with Gasteiger partial charge in [-0.3, -0.25) is 13.9 Å². The number of halogens is 2. The normalized spacial score (nSPS) is 12.1. The average Bonchev–Trinajstić information content (AvgIpc) is 2.77. The van der Waals surface area contributed by atoms with Crippen LogP contribution in [0.3, 0.4) is 0 Å². The summed E-state index contributed by atoms with van der Waals surface area (Å²) in [6.45, 7) is 3.28. The third-order valence-corrected chi connectivity index (χ3v) is 6.77. The van der Waals surface area contributed by atoms with E-state index in [4.69, 9.17) is 27.9 Å². The highest BCUT2D eigenvalue weighted by Crippen LogP contribution is 2.25. The van der Waals surface area contributed by atoms with Crippen LogP contribution in [0.1, 0.15) is 19.4 Å². The Morgan fingerprint density at radius 3 is 2.24 bits per heavy atom. The van der Waals surface area contributed by atoms with Crippen molar-refractivity contribution in [3.63, 3.8) is 0 Å². The number of nitrogens with one attached hydrogen (secondary N) is 1. The number of nitrogens with zero attached hydrogens (tertiary/aromatic N) is 2. The van der Waals surface area contributed by atoms with E-state index in [0.29, 0.717) is 33.6 Å². The zero-order valence-corrected chi connectivity index (χ0v) is 21.2. The van der Waals surface area contributed by atoms with Gasteiger partial charge in [0, 0.05) is 13.1 Å². The zero-order chi connectivity index (χ0) is 24.8. The summed E-state index contributed by atoms with van der Waals surface area (Å²) in [7, 11) is -2.31. The molecule has 2 aromatic rings. The Balaban J connectivity index is 2.39. The van der Waals surface area contributed by atoms with Crippen LogP contribution in [0.25, 0.3) is 0 Å². The lowest BCUT2D eigenvalue weighted by Gasteiger charge is -2.31. The molecule has 0 aromatic heterocycles. The van der Waals surface area contributed by atoms with Crippen molar-refractivity contribution in [3.8, 4) is 5.75 Å². The van der Waals surface area contributed by atoms with Gasteiger partial charge in [0.2, 0.25) is 21.8 Å². The molecule has 1 unspecified atom stereocenters. The molecule has 0 aliphatic carbocycles. The molecule has 0 spiro atoms. The number of carbonyl (C=O) groups is 2. The van der Waals surface area contributed by atoms with E-state index in [9.17, 15) is 18.0 Å². The van der Waals surface area contributed by atoms with Crippen LogP contribution in [-0.4, -0.2) is 57.6 Å². The van der Waals surface area contributed by atoms with Crippen molar-refractivity contribution in [2.75, 3.05) is 30.8 Å². The van der Waals surface area contributed by atoms with Crippen LogP contribution in [0, 0.1) is 0 Å². The smallest absolute Gasteiger partial charge is 0.244 e. The lowest BCUT2D eigenvalue weighted by atomic mass is 10.1. The SMILES string of the molecule is CCNC(=O)C(C)N(Cc1ccc(Cl)c(Cl)c1)C(=O)CN(c1ccc(OC)cc1)S(C)(=O)=O. The van der Waals surface area contributed by atoms with Gasteiger partial charge in [-0.25, -0.2) is 8.42 Å². The highest BCUT2D eigenvalue weighted by atomic mass is 35.5. The Labute approximate surface area is 204 Å². The number of anilines is 1. The van der Waals surface area contributed by atoms with Gasteiger partial charge in [-0.2, -0.15) is 0 Å². The summed E-state index contributed by atoms with van der Waals surface area (Å²) in [5, 5.41) is 3.36. The molecule has 0 saturated carbocycles. The van der Waals surface area contributed by atoms with Gasteiger partial charge in [-0.15, -0.1) is 0 Å². The zero-order valence-electron chi connectivity index (χ0n) is 18.8. The summed E-state index contributed by atoms with van der Waals surface area (Å²) in [4.78, 5) is 27.2. The van der Waals surface area contributed by atoms with E-state index in [1.807, 2.05) is 0 Å². The molecule has 8 nitrogen and oxygen atoms in total. The first-order valence-electron chi connectivity index (χ1n) is 10.1. The van der Waals surface area contributed by atoms with Crippen molar-refractivity contribution < 1.29 is 22.7 Å². The number of hydrogen-bond donors (Lipinski definition) is 1. The average molecular weight is 516 g/mol. The molecule has 0 bridgehead atoms. The van der Waals surface area contributed by atoms with Crippen molar-refractivity contribution in [2.24, 2.45) is 0 Å². The molecule has 0 fully saturated rings. The summed E-state index contributed by atoms with van der Waals surface area (Å²) in [6, 6.07) is 10.3. The fraction of sp³-hybridized carbons (Fsp3) is 0.364. The molecule has 2 amide bonds. The minimum atomic E-state index is -3.80. The van der Waals surface area contributed by atoms with Crippen LogP contribution >= 0.6 is 23.2 Å². The standard InChI is InChI=1S/C22H27Cl2N3O5S/c1-5-25-22(29)15(2)26(13-16-6-11-19(23)20(24)12-16)21(28)14-27(33(4,30)31)17-7-9-18(32-3)10-8-17/h6-12,15H,5,13-14H2,1-4H3,(H,25,29). The quantitative estimate of drug-likeness (QED) is 0.523. The van der Waals surface area contributed by atoms with Gasteiger partial charge in [-0.1, -0.05) is 29.3 Å². The Hall–Kier alpha value is -2.49. The van der Waals surface area contributed by atoms with Crippen LogP contribution in [0.5, 0.6) is 5.75 Å². The predicted molar refractivity (Wildman–Crippen MR) is 130 cm³/mol. The first kappa shape index (κ1) is 26.8. The second-order valence-electron chi connectivity index (χ2n) is 7.31. The maximum Gasteiger partial charge on any atom is 0.244 e. The first-order chi connectivity index (χ1) is 15.5. The van der Waals surface area contributed by atoms with Gasteiger partial charge in [0.25, 0.3) is 0 Å².